The molecule has 1 rings (SSSR count). The summed E-state index contributed by atoms with van der Waals surface area (Å²) >= 11 is 0. The Balaban J connectivity index is 2.29. The minimum Gasteiger partial charge on any atom is -0.465 e. The van der Waals surface area contributed by atoms with Crippen LogP contribution in [0.3, 0.4) is 0 Å². The molecule has 0 bridgehead atoms. The predicted octanol–water partition coefficient (Wildman–Crippen LogP) is 2.07. The smallest absolute Gasteiger partial charge is 0.404 e. The van der Waals surface area contributed by atoms with Crippen LogP contribution < -0.4 is 5.32 Å². The molecule has 0 aromatic carbocycles. The Morgan fingerprint density at radius 3 is 2.80 bits per heavy atom. The highest BCUT2D eigenvalue weighted by molar-refractivity contribution is 5.87. The third-order valence-electron chi connectivity index (χ3n) is 2.83. The monoisotopic (exact) mass is 210 g/mol. The van der Waals surface area contributed by atoms with Gasteiger partial charge in [0.2, 0.25) is 0 Å². The fourth-order valence-corrected chi connectivity index (χ4v) is 1.93. The van der Waals surface area contributed by atoms with E-state index in [2.05, 4.69) is 16.9 Å². The lowest BCUT2D eigenvalue weighted by Crippen LogP contribution is -2.46. The molecule has 1 amide bonds. The average Bonchev–Trinajstić information content (AvgIpc) is 2.13. The van der Waals surface area contributed by atoms with Crippen molar-refractivity contribution in [3.05, 3.63) is 12.7 Å². The number of allylic oxidation sites excluding steroid dienone is 1. The number of hydrogen-bond donors (Lipinski definition) is 2. The normalized spacial score (nSPS) is 25.5. The number of nitrogens with zero attached hydrogens (tertiary/aromatic N) is 1. The molecule has 0 saturated heterocycles. The molecule has 0 aromatic rings. The Labute approximate surface area is 90.1 Å². The fraction of sp³-hybridized carbons (Fsp3) is 0.636. The summed E-state index contributed by atoms with van der Waals surface area (Å²) in [5.74, 6) is 0.465. The maximum absolute atomic E-state index is 10.4. The van der Waals surface area contributed by atoms with Crippen molar-refractivity contribution in [3.8, 4) is 0 Å². The summed E-state index contributed by atoms with van der Waals surface area (Å²) in [6.07, 6.45) is 4.62. The molecule has 84 valence electrons. The van der Waals surface area contributed by atoms with E-state index in [0.29, 0.717) is 5.92 Å². The zero-order chi connectivity index (χ0) is 11.3. The van der Waals surface area contributed by atoms with Crippen molar-refractivity contribution in [2.45, 2.75) is 31.7 Å². The molecule has 1 aliphatic rings. The van der Waals surface area contributed by atoms with Gasteiger partial charge < -0.3 is 10.4 Å². The summed E-state index contributed by atoms with van der Waals surface area (Å²) < 4.78 is 0. The van der Waals surface area contributed by atoms with Crippen molar-refractivity contribution in [2.75, 3.05) is 7.05 Å². The second kappa shape index (κ2) is 5.53. The largest absolute Gasteiger partial charge is 0.465 e. The van der Waals surface area contributed by atoms with Gasteiger partial charge in [0.15, 0.2) is 0 Å². The summed E-state index contributed by atoms with van der Waals surface area (Å²) in [5, 5.41) is 11.0. The van der Waals surface area contributed by atoms with Gasteiger partial charge in [-0.1, -0.05) is 6.08 Å². The first-order valence-corrected chi connectivity index (χ1v) is 5.23. The van der Waals surface area contributed by atoms with Gasteiger partial charge in [-0.05, 0) is 25.7 Å². The third kappa shape index (κ3) is 3.38. The minimum atomic E-state index is -0.931. The maximum Gasteiger partial charge on any atom is 0.404 e. The number of carbonyl (C=O) groups is 1. The molecule has 0 heterocycles. The van der Waals surface area contributed by atoms with Crippen molar-refractivity contribution in [2.24, 2.45) is 10.9 Å². The standard InChI is InChI=1S/C11H18N2O2/c1-3-4-5-10(12-2)8-6-9(7-8)13-11(14)15/h3,8-9,13H,1,4-7H2,2H3,(H,14,15)/t8-,9-. The third-order valence-corrected chi connectivity index (χ3v) is 2.83. The Kier molecular flexibility index (Phi) is 4.34. The van der Waals surface area contributed by atoms with E-state index >= 15 is 0 Å². The summed E-state index contributed by atoms with van der Waals surface area (Å²) in [6.45, 7) is 3.68. The Hall–Kier alpha value is -1.32. The van der Waals surface area contributed by atoms with Gasteiger partial charge in [-0.25, -0.2) is 4.79 Å². The molecule has 1 saturated carbocycles. The Bertz CT molecular complexity index is 268. The van der Waals surface area contributed by atoms with Crippen molar-refractivity contribution < 1.29 is 9.90 Å². The van der Waals surface area contributed by atoms with Crippen molar-refractivity contribution in [1.29, 1.82) is 0 Å². The molecule has 4 heteroatoms. The number of rotatable bonds is 5. The molecule has 1 aliphatic carbocycles. The lowest BCUT2D eigenvalue weighted by atomic mass is 9.76. The van der Waals surface area contributed by atoms with Crippen LogP contribution >= 0.6 is 0 Å². The van der Waals surface area contributed by atoms with Crippen LogP contribution in [0.1, 0.15) is 25.7 Å². The van der Waals surface area contributed by atoms with E-state index in [1.807, 2.05) is 6.08 Å². The van der Waals surface area contributed by atoms with E-state index in [0.717, 1.165) is 25.7 Å². The van der Waals surface area contributed by atoms with Gasteiger partial charge >= 0.3 is 6.09 Å². The molecule has 0 unspecified atom stereocenters. The highest BCUT2D eigenvalue weighted by atomic mass is 16.4. The van der Waals surface area contributed by atoms with Crippen molar-refractivity contribution in [1.82, 2.24) is 5.32 Å². The van der Waals surface area contributed by atoms with E-state index in [-0.39, 0.29) is 6.04 Å². The molecule has 2 N–H and O–H groups in total. The number of hydrogen-bond acceptors (Lipinski definition) is 2. The average molecular weight is 210 g/mol. The first kappa shape index (κ1) is 11.8. The molecule has 0 aliphatic heterocycles. The van der Waals surface area contributed by atoms with Crippen molar-refractivity contribution in [3.63, 3.8) is 0 Å². The minimum absolute atomic E-state index is 0.119. The van der Waals surface area contributed by atoms with Crippen LogP contribution in [0.2, 0.25) is 0 Å². The highest BCUT2D eigenvalue weighted by Crippen LogP contribution is 2.30. The van der Waals surface area contributed by atoms with Crippen LogP contribution in [-0.2, 0) is 0 Å². The molecule has 15 heavy (non-hydrogen) atoms. The van der Waals surface area contributed by atoms with Crippen LogP contribution in [0.15, 0.2) is 17.6 Å². The summed E-state index contributed by atoms with van der Waals surface area (Å²) in [4.78, 5) is 14.6. The zero-order valence-corrected chi connectivity index (χ0v) is 9.07. The topological polar surface area (TPSA) is 61.7 Å². The van der Waals surface area contributed by atoms with Crippen LogP contribution in [0.5, 0.6) is 0 Å². The highest BCUT2D eigenvalue weighted by Gasteiger charge is 2.32. The second-order valence-corrected chi connectivity index (χ2v) is 3.86. The molecule has 4 nitrogen and oxygen atoms in total. The van der Waals surface area contributed by atoms with Gasteiger partial charge in [-0.15, -0.1) is 6.58 Å². The Morgan fingerprint density at radius 2 is 2.33 bits per heavy atom. The lowest BCUT2D eigenvalue weighted by Gasteiger charge is -2.35. The van der Waals surface area contributed by atoms with Gasteiger partial charge in [0.25, 0.3) is 0 Å². The molecular weight excluding hydrogens is 192 g/mol. The van der Waals surface area contributed by atoms with E-state index in [9.17, 15) is 4.79 Å². The number of aliphatic imine (C=N–C) groups is 1. The van der Waals surface area contributed by atoms with E-state index < -0.39 is 6.09 Å². The van der Waals surface area contributed by atoms with Gasteiger partial charge in [-0.2, -0.15) is 0 Å². The van der Waals surface area contributed by atoms with Gasteiger partial charge in [0.05, 0.1) is 0 Å². The number of nitrogens with one attached hydrogen (secondary N) is 1. The zero-order valence-electron chi connectivity index (χ0n) is 9.07. The van der Waals surface area contributed by atoms with Crippen molar-refractivity contribution >= 4 is 11.8 Å². The Morgan fingerprint density at radius 1 is 1.67 bits per heavy atom. The second-order valence-electron chi connectivity index (χ2n) is 3.86. The van der Waals surface area contributed by atoms with E-state index in [1.54, 1.807) is 7.05 Å². The van der Waals surface area contributed by atoms with Crippen LogP contribution in [0.4, 0.5) is 4.79 Å². The fourth-order valence-electron chi connectivity index (χ4n) is 1.93. The quantitative estimate of drug-likeness (QED) is 0.539. The lowest BCUT2D eigenvalue weighted by molar-refractivity contribution is 0.176. The molecule has 0 aromatic heterocycles. The molecule has 1 fully saturated rings. The molecule has 0 radical (unpaired) electrons. The van der Waals surface area contributed by atoms with Crippen LogP contribution in [0, 0.1) is 5.92 Å². The first-order chi connectivity index (χ1) is 7.17. The molecule has 0 atom stereocenters. The predicted molar refractivity (Wildman–Crippen MR) is 60.5 cm³/mol. The van der Waals surface area contributed by atoms with Crippen LogP contribution in [0.25, 0.3) is 0 Å². The number of amides is 1. The van der Waals surface area contributed by atoms with Gasteiger partial charge in [0, 0.05) is 24.7 Å². The maximum atomic E-state index is 10.4. The summed E-state index contributed by atoms with van der Waals surface area (Å²) in [7, 11) is 1.80. The summed E-state index contributed by atoms with van der Waals surface area (Å²) in [6, 6.07) is 0.119. The van der Waals surface area contributed by atoms with E-state index in [1.165, 1.54) is 5.71 Å². The molecular formula is C11H18N2O2. The van der Waals surface area contributed by atoms with Gasteiger partial charge in [0.1, 0.15) is 0 Å². The first-order valence-electron chi connectivity index (χ1n) is 5.23. The van der Waals surface area contributed by atoms with Gasteiger partial charge in [-0.3, -0.25) is 4.99 Å². The SMILES string of the molecule is C=CCCC(=NC)[C@H]1C[C@H](NC(=O)O)C1. The van der Waals surface area contributed by atoms with Crippen LogP contribution in [-0.4, -0.2) is 30.0 Å². The number of carboxylic acid groups (broad SMARTS) is 1. The molecule has 0 spiro atoms. The van der Waals surface area contributed by atoms with E-state index in [4.69, 9.17) is 5.11 Å². The summed E-state index contributed by atoms with van der Waals surface area (Å²) in [5.41, 5.74) is 1.19.